The number of carbonyl (C=O) groups is 2. The monoisotopic (exact) mass is 524 g/mol. The number of fused-ring (bicyclic) bond motifs is 5. The number of hydrogen-bond acceptors (Lipinski definition) is 3. The SMILES string of the molecule is CC(=O)N1N=C([C@H]2CC[C@H]3[C@@H]4CCC5=C(Cl)C(=O)C=C[C@]5(C)[C@H]4CC[C@]23C)CC1c1ccc(Cl)cc1. The summed E-state index contributed by atoms with van der Waals surface area (Å²) >= 11 is 12.7. The number of halogens is 2. The molecule has 36 heavy (non-hydrogen) atoms. The number of carbonyl (C=O) groups excluding carboxylic acids is 2. The van der Waals surface area contributed by atoms with Crippen LogP contribution in [0.3, 0.4) is 0 Å². The second-order valence-electron chi connectivity index (χ2n) is 12.1. The molecule has 6 heteroatoms. The topological polar surface area (TPSA) is 49.7 Å². The number of allylic oxidation sites excluding steroid dienone is 4. The van der Waals surface area contributed by atoms with E-state index in [1.165, 1.54) is 17.7 Å². The van der Waals surface area contributed by atoms with Crippen molar-refractivity contribution in [1.82, 2.24) is 5.01 Å². The van der Waals surface area contributed by atoms with Crippen molar-refractivity contribution in [2.45, 2.75) is 71.8 Å². The fourth-order valence-corrected chi connectivity index (χ4v) is 9.29. The van der Waals surface area contributed by atoms with Crippen LogP contribution in [0.4, 0.5) is 0 Å². The average Bonchev–Trinajstić information content (AvgIpc) is 3.43. The molecule has 1 aliphatic heterocycles. The summed E-state index contributed by atoms with van der Waals surface area (Å²) in [5.74, 6) is 2.14. The third-order valence-electron chi connectivity index (χ3n) is 10.6. The van der Waals surface area contributed by atoms with Crippen LogP contribution in [-0.4, -0.2) is 22.4 Å². The van der Waals surface area contributed by atoms with Crippen molar-refractivity contribution in [3.63, 3.8) is 0 Å². The Labute approximate surface area is 223 Å². The maximum Gasteiger partial charge on any atom is 0.240 e. The van der Waals surface area contributed by atoms with Crippen LogP contribution in [0.15, 0.2) is 52.1 Å². The molecule has 1 aromatic rings. The first-order chi connectivity index (χ1) is 17.1. The molecule has 0 spiro atoms. The number of ketones is 1. The van der Waals surface area contributed by atoms with Crippen LogP contribution in [0, 0.1) is 34.5 Å². The second-order valence-corrected chi connectivity index (χ2v) is 12.9. The first-order valence-corrected chi connectivity index (χ1v) is 14.1. The van der Waals surface area contributed by atoms with Crippen LogP contribution < -0.4 is 0 Å². The molecule has 3 saturated carbocycles. The summed E-state index contributed by atoms with van der Waals surface area (Å²) in [6.07, 6.45) is 11.3. The summed E-state index contributed by atoms with van der Waals surface area (Å²) in [6.45, 7) is 6.41. The molecule has 7 atom stereocenters. The Morgan fingerprint density at radius 2 is 1.81 bits per heavy atom. The molecule has 0 bridgehead atoms. The molecular weight excluding hydrogens is 491 g/mol. The van der Waals surface area contributed by atoms with Crippen LogP contribution >= 0.6 is 23.2 Å². The van der Waals surface area contributed by atoms with Crippen LogP contribution in [0.1, 0.15) is 77.3 Å². The Balaban J connectivity index is 1.28. The highest BCUT2D eigenvalue weighted by Gasteiger charge is 2.60. The molecule has 1 heterocycles. The number of hydrogen-bond donors (Lipinski definition) is 0. The van der Waals surface area contributed by atoms with E-state index < -0.39 is 0 Å². The van der Waals surface area contributed by atoms with Crippen LogP contribution in [-0.2, 0) is 9.59 Å². The molecule has 0 saturated heterocycles. The Morgan fingerprint density at radius 1 is 1.06 bits per heavy atom. The lowest BCUT2D eigenvalue weighted by Gasteiger charge is -2.57. The highest BCUT2D eigenvalue weighted by molar-refractivity contribution is 6.45. The molecular formula is C30H34Cl2N2O2. The molecule has 1 unspecified atom stereocenters. The smallest absolute Gasteiger partial charge is 0.240 e. The Bertz CT molecular complexity index is 1220. The van der Waals surface area contributed by atoms with Gasteiger partial charge in [-0.3, -0.25) is 9.59 Å². The van der Waals surface area contributed by atoms with Crippen molar-refractivity contribution >= 4 is 40.6 Å². The largest absolute Gasteiger partial charge is 0.288 e. The molecule has 190 valence electrons. The minimum absolute atomic E-state index is 0.0107. The molecule has 0 N–H and O–H groups in total. The summed E-state index contributed by atoms with van der Waals surface area (Å²) in [5.41, 5.74) is 3.53. The van der Waals surface area contributed by atoms with E-state index in [1.54, 1.807) is 18.0 Å². The number of nitrogens with zero attached hydrogens (tertiary/aromatic N) is 2. The Kier molecular flexibility index (Phi) is 5.81. The van der Waals surface area contributed by atoms with E-state index in [-0.39, 0.29) is 28.6 Å². The first kappa shape index (κ1) is 24.4. The quantitative estimate of drug-likeness (QED) is 0.402. The van der Waals surface area contributed by atoms with Gasteiger partial charge in [-0.15, -0.1) is 0 Å². The summed E-state index contributed by atoms with van der Waals surface area (Å²) in [7, 11) is 0. The number of benzene rings is 1. The summed E-state index contributed by atoms with van der Waals surface area (Å²) in [6, 6.07) is 7.78. The molecule has 4 aliphatic carbocycles. The molecule has 3 fully saturated rings. The van der Waals surface area contributed by atoms with Crippen LogP contribution in [0.5, 0.6) is 0 Å². The second kappa shape index (κ2) is 8.56. The summed E-state index contributed by atoms with van der Waals surface area (Å²) in [4.78, 5) is 24.8. The van der Waals surface area contributed by atoms with Gasteiger partial charge in [0.1, 0.15) is 0 Å². The van der Waals surface area contributed by atoms with Crippen molar-refractivity contribution in [1.29, 1.82) is 0 Å². The molecule has 0 aromatic heterocycles. The Hall–Kier alpha value is -1.91. The first-order valence-electron chi connectivity index (χ1n) is 13.4. The molecule has 1 amide bonds. The lowest BCUT2D eigenvalue weighted by atomic mass is 9.47. The van der Waals surface area contributed by atoms with E-state index in [1.807, 2.05) is 24.3 Å². The van der Waals surface area contributed by atoms with Gasteiger partial charge in [0.2, 0.25) is 5.91 Å². The zero-order valence-corrected chi connectivity index (χ0v) is 22.8. The third kappa shape index (κ3) is 3.50. The van der Waals surface area contributed by atoms with Crippen LogP contribution in [0.25, 0.3) is 0 Å². The van der Waals surface area contributed by atoms with Gasteiger partial charge in [-0.1, -0.05) is 55.3 Å². The third-order valence-corrected chi connectivity index (χ3v) is 11.2. The summed E-state index contributed by atoms with van der Waals surface area (Å²) in [5, 5.41) is 7.85. The van der Waals surface area contributed by atoms with Gasteiger partial charge in [-0.05, 0) is 91.0 Å². The number of amides is 1. The van der Waals surface area contributed by atoms with Gasteiger partial charge < -0.3 is 0 Å². The minimum atomic E-state index is -0.108. The highest BCUT2D eigenvalue weighted by Crippen LogP contribution is 2.67. The van der Waals surface area contributed by atoms with Crippen molar-refractivity contribution in [2.75, 3.05) is 0 Å². The molecule has 6 rings (SSSR count). The lowest BCUT2D eigenvalue weighted by Crippen LogP contribution is -2.50. The van der Waals surface area contributed by atoms with Gasteiger partial charge in [-0.25, -0.2) is 5.01 Å². The number of hydrazone groups is 1. The maximum absolute atomic E-state index is 12.6. The molecule has 5 aliphatic rings. The predicted octanol–water partition coefficient (Wildman–Crippen LogP) is 7.48. The fraction of sp³-hybridized carbons (Fsp3) is 0.567. The van der Waals surface area contributed by atoms with Crippen molar-refractivity contribution in [2.24, 2.45) is 39.6 Å². The highest BCUT2D eigenvalue weighted by atomic mass is 35.5. The van der Waals surface area contributed by atoms with Gasteiger partial charge in [0.25, 0.3) is 0 Å². The Morgan fingerprint density at radius 3 is 2.53 bits per heavy atom. The maximum atomic E-state index is 12.6. The lowest BCUT2D eigenvalue weighted by molar-refractivity contribution is -0.130. The van der Waals surface area contributed by atoms with Crippen molar-refractivity contribution < 1.29 is 9.59 Å². The number of rotatable bonds is 2. The van der Waals surface area contributed by atoms with Gasteiger partial charge >= 0.3 is 0 Å². The van der Waals surface area contributed by atoms with E-state index >= 15 is 0 Å². The summed E-state index contributed by atoms with van der Waals surface area (Å²) < 4.78 is 0. The molecule has 4 nitrogen and oxygen atoms in total. The van der Waals surface area contributed by atoms with E-state index in [2.05, 4.69) is 19.9 Å². The molecule has 0 radical (unpaired) electrons. The van der Waals surface area contributed by atoms with Crippen molar-refractivity contribution in [3.05, 3.63) is 57.6 Å². The van der Waals surface area contributed by atoms with E-state index in [4.69, 9.17) is 28.3 Å². The standard InChI is InChI=1S/C30H34Cl2N2O2/c1-17(35)34-26(18-4-6-19(31)7-5-18)16-25(33-34)23-11-10-21-20-8-9-24-28(32)27(36)13-15-30(24,3)22(20)12-14-29(21,23)2/h4-7,13,15,20-23,26H,8-12,14,16H2,1-3H3/t20-,21-,22-,23+,26?,29-,30+/m0/s1. The van der Waals surface area contributed by atoms with E-state index in [0.29, 0.717) is 33.7 Å². The van der Waals surface area contributed by atoms with Gasteiger partial charge in [0, 0.05) is 35.4 Å². The minimum Gasteiger partial charge on any atom is -0.288 e. The van der Waals surface area contributed by atoms with Gasteiger partial charge in [0.05, 0.1) is 11.1 Å². The average molecular weight is 526 g/mol. The zero-order chi connectivity index (χ0) is 25.4. The van der Waals surface area contributed by atoms with Crippen molar-refractivity contribution in [3.8, 4) is 0 Å². The molecule has 1 aromatic carbocycles. The predicted molar refractivity (Wildman–Crippen MR) is 144 cm³/mol. The van der Waals surface area contributed by atoms with E-state index in [9.17, 15) is 9.59 Å². The van der Waals surface area contributed by atoms with Gasteiger partial charge in [-0.2, -0.15) is 5.10 Å². The van der Waals surface area contributed by atoms with Crippen LogP contribution in [0.2, 0.25) is 5.02 Å². The zero-order valence-electron chi connectivity index (χ0n) is 21.3. The fourth-order valence-electron chi connectivity index (χ4n) is 8.81. The van der Waals surface area contributed by atoms with Gasteiger partial charge in [0.15, 0.2) is 5.78 Å². The normalized spacial score (nSPS) is 39.6. The van der Waals surface area contributed by atoms with E-state index in [0.717, 1.165) is 44.1 Å².